The molecule has 3 N–H and O–H groups in total. The van der Waals surface area contributed by atoms with Crippen molar-refractivity contribution in [2.24, 2.45) is 0 Å². The van der Waals surface area contributed by atoms with E-state index in [4.69, 9.17) is 24.7 Å². The van der Waals surface area contributed by atoms with E-state index in [2.05, 4.69) is 15.3 Å². The van der Waals surface area contributed by atoms with Gasteiger partial charge in [-0.25, -0.2) is 9.97 Å². The number of benzene rings is 2. The molecular formula is C20H24N4O4. The molecule has 148 valence electrons. The predicted molar refractivity (Wildman–Crippen MR) is 108 cm³/mol. The SMILES string of the molecule is COCCOc1cc2ncnc(Nc3ccc(N)cc3)c2cc1OCCOC. The standard InChI is InChI=1S/C20H24N4O4/c1-25-7-9-27-18-11-16-17(12-19(18)28-10-8-26-2)22-13-23-20(16)24-15-5-3-14(21)4-6-15/h3-6,11-13H,7-10,21H2,1-2H3,(H,22,23,24). The Kier molecular flexibility index (Phi) is 6.83. The van der Waals surface area contributed by atoms with Crippen LogP contribution < -0.4 is 20.5 Å². The van der Waals surface area contributed by atoms with Crippen molar-refractivity contribution in [3.8, 4) is 11.5 Å². The van der Waals surface area contributed by atoms with Crippen molar-refractivity contribution in [1.82, 2.24) is 9.97 Å². The van der Waals surface area contributed by atoms with Crippen molar-refractivity contribution >= 4 is 28.1 Å². The molecule has 0 aliphatic carbocycles. The number of hydrogen-bond acceptors (Lipinski definition) is 8. The average Bonchev–Trinajstić information content (AvgIpc) is 2.70. The average molecular weight is 384 g/mol. The number of aromatic nitrogens is 2. The summed E-state index contributed by atoms with van der Waals surface area (Å²) in [5.74, 6) is 1.85. The lowest BCUT2D eigenvalue weighted by atomic mass is 10.2. The first-order valence-electron chi connectivity index (χ1n) is 8.86. The van der Waals surface area contributed by atoms with Gasteiger partial charge in [0.25, 0.3) is 0 Å². The minimum Gasteiger partial charge on any atom is -0.487 e. The number of nitrogens with zero attached hydrogens (tertiary/aromatic N) is 2. The molecule has 0 saturated carbocycles. The fraction of sp³-hybridized carbons (Fsp3) is 0.300. The van der Waals surface area contributed by atoms with Crippen molar-refractivity contribution in [3.05, 3.63) is 42.7 Å². The van der Waals surface area contributed by atoms with Gasteiger partial charge >= 0.3 is 0 Å². The molecule has 0 atom stereocenters. The van der Waals surface area contributed by atoms with Crippen LogP contribution in [0, 0.1) is 0 Å². The van der Waals surface area contributed by atoms with Gasteiger partial charge in [-0.05, 0) is 30.3 Å². The van der Waals surface area contributed by atoms with E-state index in [1.165, 1.54) is 6.33 Å². The molecule has 8 heteroatoms. The van der Waals surface area contributed by atoms with Gasteiger partial charge in [0, 0.05) is 37.0 Å². The molecule has 0 saturated heterocycles. The number of nitrogen functional groups attached to an aromatic ring is 1. The third-order valence-electron chi connectivity index (χ3n) is 3.96. The number of methoxy groups -OCH3 is 2. The summed E-state index contributed by atoms with van der Waals surface area (Å²) in [6, 6.07) is 11.1. The summed E-state index contributed by atoms with van der Waals surface area (Å²) in [7, 11) is 3.25. The third-order valence-corrected chi connectivity index (χ3v) is 3.96. The van der Waals surface area contributed by atoms with Gasteiger partial charge in [-0.3, -0.25) is 0 Å². The Labute approximate surface area is 163 Å². The number of hydrogen-bond donors (Lipinski definition) is 2. The molecule has 0 aliphatic rings. The van der Waals surface area contributed by atoms with Gasteiger partial charge < -0.3 is 30.0 Å². The predicted octanol–water partition coefficient (Wildman–Crippen LogP) is 3.01. The van der Waals surface area contributed by atoms with E-state index in [-0.39, 0.29) is 0 Å². The summed E-state index contributed by atoms with van der Waals surface area (Å²) in [6.07, 6.45) is 1.51. The Morgan fingerprint density at radius 3 is 2.14 bits per heavy atom. The molecule has 8 nitrogen and oxygen atoms in total. The normalized spacial score (nSPS) is 10.8. The number of rotatable bonds is 10. The highest BCUT2D eigenvalue weighted by atomic mass is 16.5. The Morgan fingerprint density at radius 1 is 0.857 bits per heavy atom. The van der Waals surface area contributed by atoms with E-state index in [9.17, 15) is 0 Å². The molecule has 0 unspecified atom stereocenters. The number of nitrogens with one attached hydrogen (secondary N) is 1. The minimum atomic E-state index is 0.400. The minimum absolute atomic E-state index is 0.400. The van der Waals surface area contributed by atoms with E-state index < -0.39 is 0 Å². The highest BCUT2D eigenvalue weighted by molar-refractivity contribution is 5.93. The maximum absolute atomic E-state index is 5.85. The molecule has 0 radical (unpaired) electrons. The largest absolute Gasteiger partial charge is 0.487 e. The van der Waals surface area contributed by atoms with Crippen LogP contribution in [0.3, 0.4) is 0 Å². The second kappa shape index (κ2) is 9.72. The molecule has 0 bridgehead atoms. The molecule has 0 aliphatic heterocycles. The maximum Gasteiger partial charge on any atom is 0.163 e. The fourth-order valence-electron chi connectivity index (χ4n) is 2.56. The van der Waals surface area contributed by atoms with E-state index in [1.54, 1.807) is 14.2 Å². The molecule has 0 spiro atoms. The monoisotopic (exact) mass is 384 g/mol. The van der Waals surface area contributed by atoms with Crippen LogP contribution in [0.1, 0.15) is 0 Å². The lowest BCUT2D eigenvalue weighted by Crippen LogP contribution is -2.09. The molecule has 0 amide bonds. The molecule has 1 heterocycles. The van der Waals surface area contributed by atoms with Crippen LogP contribution in [0.2, 0.25) is 0 Å². The third kappa shape index (κ3) is 4.99. The van der Waals surface area contributed by atoms with Crippen molar-refractivity contribution in [3.63, 3.8) is 0 Å². The van der Waals surface area contributed by atoms with Gasteiger partial charge in [0.2, 0.25) is 0 Å². The molecular weight excluding hydrogens is 360 g/mol. The van der Waals surface area contributed by atoms with Crippen LogP contribution in [0.25, 0.3) is 10.9 Å². The van der Waals surface area contributed by atoms with E-state index in [1.807, 2.05) is 36.4 Å². The first-order valence-corrected chi connectivity index (χ1v) is 8.86. The summed E-state index contributed by atoms with van der Waals surface area (Å²) < 4.78 is 21.8. The smallest absolute Gasteiger partial charge is 0.163 e. The number of nitrogens with two attached hydrogens (primary N) is 1. The zero-order valence-corrected chi connectivity index (χ0v) is 16.0. The lowest BCUT2D eigenvalue weighted by Gasteiger charge is -2.15. The highest BCUT2D eigenvalue weighted by Crippen LogP contribution is 2.35. The van der Waals surface area contributed by atoms with Gasteiger partial charge in [-0.2, -0.15) is 0 Å². The van der Waals surface area contributed by atoms with Crippen molar-refractivity contribution in [2.75, 3.05) is 51.7 Å². The first kappa shape index (κ1) is 19.7. The molecule has 28 heavy (non-hydrogen) atoms. The van der Waals surface area contributed by atoms with Crippen molar-refractivity contribution in [2.45, 2.75) is 0 Å². The molecule has 0 fully saturated rings. The van der Waals surface area contributed by atoms with Gasteiger partial charge in [0.15, 0.2) is 11.5 Å². The van der Waals surface area contributed by atoms with Crippen LogP contribution in [-0.4, -0.2) is 50.6 Å². The van der Waals surface area contributed by atoms with Gasteiger partial charge in [-0.1, -0.05) is 0 Å². The van der Waals surface area contributed by atoms with Crippen molar-refractivity contribution < 1.29 is 18.9 Å². The summed E-state index contributed by atoms with van der Waals surface area (Å²) in [6.45, 7) is 1.75. The van der Waals surface area contributed by atoms with Crippen LogP contribution in [0.4, 0.5) is 17.2 Å². The summed E-state index contributed by atoms with van der Waals surface area (Å²) in [5.41, 5.74) is 8.06. The number of anilines is 3. The van der Waals surface area contributed by atoms with Gasteiger partial charge in [0.05, 0.1) is 18.7 Å². The Hall–Kier alpha value is -3.10. The molecule has 1 aromatic heterocycles. The highest BCUT2D eigenvalue weighted by Gasteiger charge is 2.13. The fourth-order valence-corrected chi connectivity index (χ4v) is 2.56. The van der Waals surface area contributed by atoms with Crippen molar-refractivity contribution in [1.29, 1.82) is 0 Å². The number of ether oxygens (including phenoxy) is 4. The zero-order valence-electron chi connectivity index (χ0n) is 16.0. The van der Waals surface area contributed by atoms with E-state index >= 15 is 0 Å². The maximum atomic E-state index is 5.85. The summed E-state index contributed by atoms with van der Waals surface area (Å²) >= 11 is 0. The van der Waals surface area contributed by atoms with Crippen LogP contribution in [0.5, 0.6) is 11.5 Å². The number of fused-ring (bicyclic) bond motifs is 1. The Balaban J connectivity index is 1.94. The Bertz CT molecular complexity index is 903. The molecule has 3 rings (SSSR count). The second-order valence-corrected chi connectivity index (χ2v) is 5.97. The molecule has 2 aromatic carbocycles. The topological polar surface area (TPSA) is 101 Å². The van der Waals surface area contributed by atoms with Gasteiger partial charge in [-0.15, -0.1) is 0 Å². The quantitative estimate of drug-likeness (QED) is 0.406. The summed E-state index contributed by atoms with van der Waals surface area (Å²) in [4.78, 5) is 8.73. The van der Waals surface area contributed by atoms with E-state index in [0.29, 0.717) is 49.4 Å². The van der Waals surface area contributed by atoms with Crippen LogP contribution in [0.15, 0.2) is 42.7 Å². The van der Waals surface area contributed by atoms with Crippen LogP contribution in [-0.2, 0) is 9.47 Å². The van der Waals surface area contributed by atoms with Crippen LogP contribution >= 0.6 is 0 Å². The van der Waals surface area contributed by atoms with E-state index in [0.717, 1.165) is 16.6 Å². The Morgan fingerprint density at radius 2 is 1.50 bits per heavy atom. The lowest BCUT2D eigenvalue weighted by molar-refractivity contribution is 0.132. The molecule has 3 aromatic rings. The van der Waals surface area contributed by atoms with Gasteiger partial charge in [0.1, 0.15) is 25.4 Å². The zero-order chi connectivity index (χ0) is 19.8. The first-order chi connectivity index (χ1) is 13.7. The summed E-state index contributed by atoms with van der Waals surface area (Å²) in [5, 5.41) is 4.10. The second-order valence-electron chi connectivity index (χ2n) is 5.97.